The molecule has 1 atom stereocenters. The van der Waals surface area contributed by atoms with Crippen LogP contribution < -0.4 is 9.64 Å². The highest BCUT2D eigenvalue weighted by atomic mass is 35.5. The lowest BCUT2D eigenvalue weighted by Gasteiger charge is -2.33. The number of fused-ring (bicyclic) bond motifs is 1. The summed E-state index contributed by atoms with van der Waals surface area (Å²) in [6, 6.07) is 13.6. The number of amides is 1. The van der Waals surface area contributed by atoms with Crippen LogP contribution in [-0.2, 0) is 11.2 Å². The Morgan fingerprint density at radius 3 is 2.67 bits per heavy atom. The lowest BCUT2D eigenvalue weighted by molar-refractivity contribution is -0.131. The van der Waals surface area contributed by atoms with E-state index in [-0.39, 0.29) is 11.9 Å². The maximum absolute atomic E-state index is 13.2. The van der Waals surface area contributed by atoms with Gasteiger partial charge in [-0.1, -0.05) is 29.8 Å². The molecule has 1 amide bonds. The van der Waals surface area contributed by atoms with Crippen LogP contribution in [0.4, 0.5) is 5.69 Å². The van der Waals surface area contributed by atoms with Gasteiger partial charge >= 0.3 is 0 Å². The van der Waals surface area contributed by atoms with Crippen molar-refractivity contribution >= 4 is 23.2 Å². The van der Waals surface area contributed by atoms with Gasteiger partial charge in [-0.05, 0) is 69.5 Å². The van der Waals surface area contributed by atoms with Crippen LogP contribution in [0.5, 0.6) is 5.75 Å². The molecule has 2 aromatic carbocycles. The minimum atomic E-state index is -0.966. The number of hydrogen-bond donors (Lipinski definition) is 0. The first kappa shape index (κ1) is 16.8. The molecule has 1 heterocycles. The summed E-state index contributed by atoms with van der Waals surface area (Å²) in [4.78, 5) is 15.0. The third-order valence-electron chi connectivity index (χ3n) is 4.44. The molecule has 126 valence electrons. The number of carbonyl (C=O) groups excluding carboxylic acids is 1. The first-order valence-corrected chi connectivity index (χ1v) is 8.54. The van der Waals surface area contributed by atoms with Crippen LogP contribution in [-0.4, -0.2) is 17.6 Å². The number of carbonyl (C=O) groups is 1. The number of hydrogen-bond acceptors (Lipinski definition) is 2. The number of anilines is 1. The Bertz CT molecular complexity index is 785. The molecule has 0 aliphatic carbocycles. The summed E-state index contributed by atoms with van der Waals surface area (Å²) in [5, 5.41) is 0.688. The molecule has 0 aromatic heterocycles. The second-order valence-electron chi connectivity index (χ2n) is 6.88. The van der Waals surface area contributed by atoms with Gasteiger partial charge in [0.05, 0.1) is 0 Å². The van der Waals surface area contributed by atoms with E-state index >= 15 is 0 Å². The van der Waals surface area contributed by atoms with Crippen molar-refractivity contribution in [1.29, 1.82) is 0 Å². The van der Waals surface area contributed by atoms with E-state index in [2.05, 4.69) is 13.0 Å². The fraction of sp³-hybridized carbons (Fsp3) is 0.350. The van der Waals surface area contributed by atoms with Crippen LogP contribution in [0, 0.1) is 6.92 Å². The lowest BCUT2D eigenvalue weighted by Crippen LogP contribution is -2.51. The highest BCUT2D eigenvalue weighted by Crippen LogP contribution is 2.35. The molecule has 1 aliphatic heterocycles. The summed E-state index contributed by atoms with van der Waals surface area (Å²) in [6.45, 7) is 7.61. The number of rotatable bonds is 3. The van der Waals surface area contributed by atoms with Crippen LogP contribution >= 0.6 is 11.6 Å². The Morgan fingerprint density at radius 1 is 1.25 bits per heavy atom. The SMILES string of the molecule is Cc1cc(OC(C)(C)C(=O)N2c3ccccc3C[C@@H]2C)ccc1Cl. The molecule has 24 heavy (non-hydrogen) atoms. The number of ether oxygens (including phenoxy) is 1. The quantitative estimate of drug-likeness (QED) is 0.802. The Labute approximate surface area is 148 Å². The highest BCUT2D eigenvalue weighted by molar-refractivity contribution is 6.31. The van der Waals surface area contributed by atoms with Crippen molar-refractivity contribution in [3.8, 4) is 5.75 Å². The predicted octanol–water partition coefficient (Wildman–Crippen LogP) is 4.78. The van der Waals surface area contributed by atoms with E-state index in [1.54, 1.807) is 12.1 Å². The Balaban J connectivity index is 1.86. The molecule has 0 saturated heterocycles. The molecular formula is C20H22ClNO2. The number of aryl methyl sites for hydroxylation is 1. The van der Waals surface area contributed by atoms with Gasteiger partial charge in [0.15, 0.2) is 5.60 Å². The normalized spacial score (nSPS) is 16.9. The van der Waals surface area contributed by atoms with Crippen LogP contribution in [0.25, 0.3) is 0 Å². The monoisotopic (exact) mass is 343 g/mol. The summed E-state index contributed by atoms with van der Waals surface area (Å²) in [5.41, 5.74) is 2.15. The lowest BCUT2D eigenvalue weighted by atomic mass is 10.1. The smallest absolute Gasteiger partial charge is 0.270 e. The minimum absolute atomic E-state index is 0.0347. The Kier molecular flexibility index (Phi) is 4.31. The first-order valence-electron chi connectivity index (χ1n) is 8.16. The highest BCUT2D eigenvalue weighted by Gasteiger charge is 2.40. The Morgan fingerprint density at radius 2 is 1.96 bits per heavy atom. The number of para-hydroxylation sites is 1. The van der Waals surface area contributed by atoms with Crippen molar-refractivity contribution < 1.29 is 9.53 Å². The zero-order chi connectivity index (χ0) is 17.5. The van der Waals surface area contributed by atoms with Crippen LogP contribution in [0.15, 0.2) is 42.5 Å². The van der Waals surface area contributed by atoms with E-state index in [0.717, 1.165) is 17.7 Å². The average molecular weight is 344 g/mol. The van der Waals surface area contributed by atoms with Crippen LogP contribution in [0.3, 0.4) is 0 Å². The van der Waals surface area contributed by atoms with Gasteiger partial charge in [0.2, 0.25) is 0 Å². The largest absolute Gasteiger partial charge is 0.478 e. The molecule has 4 heteroatoms. The molecule has 0 fully saturated rings. The fourth-order valence-corrected chi connectivity index (χ4v) is 3.30. The van der Waals surface area contributed by atoms with E-state index < -0.39 is 5.60 Å². The van der Waals surface area contributed by atoms with E-state index in [1.165, 1.54) is 5.56 Å². The van der Waals surface area contributed by atoms with E-state index in [1.807, 2.05) is 49.9 Å². The van der Waals surface area contributed by atoms with Gasteiger partial charge in [0, 0.05) is 16.8 Å². The van der Waals surface area contributed by atoms with Gasteiger partial charge < -0.3 is 9.64 Å². The molecule has 1 aliphatic rings. The maximum atomic E-state index is 13.2. The number of nitrogens with zero attached hydrogens (tertiary/aromatic N) is 1. The molecule has 0 N–H and O–H groups in total. The van der Waals surface area contributed by atoms with Gasteiger partial charge in [0.25, 0.3) is 5.91 Å². The number of benzene rings is 2. The maximum Gasteiger partial charge on any atom is 0.270 e. The van der Waals surface area contributed by atoms with Crippen molar-refractivity contribution in [3.05, 3.63) is 58.6 Å². The van der Waals surface area contributed by atoms with Gasteiger partial charge in [-0.3, -0.25) is 4.79 Å². The van der Waals surface area contributed by atoms with Gasteiger partial charge in [0.1, 0.15) is 5.75 Å². The molecule has 0 saturated carbocycles. The summed E-state index contributed by atoms with van der Waals surface area (Å²) in [6.07, 6.45) is 0.873. The van der Waals surface area contributed by atoms with Crippen molar-refractivity contribution in [2.24, 2.45) is 0 Å². The third kappa shape index (κ3) is 3.01. The molecule has 0 radical (unpaired) electrons. The van der Waals surface area contributed by atoms with E-state index in [9.17, 15) is 4.79 Å². The van der Waals surface area contributed by atoms with Gasteiger partial charge in [-0.25, -0.2) is 0 Å². The summed E-state index contributed by atoms with van der Waals surface area (Å²) in [5.74, 6) is 0.614. The Hall–Kier alpha value is -2.00. The molecule has 2 aromatic rings. The second-order valence-corrected chi connectivity index (χ2v) is 7.29. The van der Waals surface area contributed by atoms with Gasteiger partial charge in [-0.2, -0.15) is 0 Å². The zero-order valence-electron chi connectivity index (χ0n) is 14.5. The molecule has 3 nitrogen and oxygen atoms in total. The van der Waals surface area contributed by atoms with E-state index in [4.69, 9.17) is 16.3 Å². The third-order valence-corrected chi connectivity index (χ3v) is 4.87. The molecule has 3 rings (SSSR count). The molecular weight excluding hydrogens is 322 g/mol. The molecule has 0 bridgehead atoms. The average Bonchev–Trinajstić information content (AvgIpc) is 2.85. The van der Waals surface area contributed by atoms with Crippen molar-refractivity contribution in [1.82, 2.24) is 0 Å². The van der Waals surface area contributed by atoms with E-state index in [0.29, 0.717) is 10.8 Å². The van der Waals surface area contributed by atoms with Crippen molar-refractivity contribution in [2.75, 3.05) is 4.90 Å². The number of halogens is 1. The molecule has 0 unspecified atom stereocenters. The molecule has 0 spiro atoms. The summed E-state index contributed by atoms with van der Waals surface area (Å²) in [7, 11) is 0. The van der Waals surface area contributed by atoms with Crippen molar-refractivity contribution in [3.63, 3.8) is 0 Å². The summed E-state index contributed by atoms with van der Waals surface area (Å²) < 4.78 is 6.03. The topological polar surface area (TPSA) is 29.5 Å². The standard InChI is InChI=1S/C20H22ClNO2/c1-13-11-16(9-10-17(13)21)24-20(3,4)19(23)22-14(2)12-15-7-5-6-8-18(15)22/h5-11,14H,12H2,1-4H3/t14-/m0/s1. The minimum Gasteiger partial charge on any atom is -0.478 e. The van der Waals surface area contributed by atoms with Crippen molar-refractivity contribution in [2.45, 2.75) is 45.8 Å². The first-order chi connectivity index (χ1) is 11.3. The summed E-state index contributed by atoms with van der Waals surface area (Å²) >= 11 is 6.06. The fourth-order valence-electron chi connectivity index (χ4n) is 3.18. The van der Waals surface area contributed by atoms with Gasteiger partial charge in [-0.15, -0.1) is 0 Å². The zero-order valence-corrected chi connectivity index (χ0v) is 15.2. The predicted molar refractivity (Wildman–Crippen MR) is 98.0 cm³/mol. The second kappa shape index (κ2) is 6.14. The van der Waals surface area contributed by atoms with Crippen LogP contribution in [0.2, 0.25) is 5.02 Å². The van der Waals surface area contributed by atoms with Crippen LogP contribution in [0.1, 0.15) is 31.9 Å².